The Hall–Kier alpha value is -1.76. The minimum atomic E-state index is -0.758. The first-order valence-corrected chi connectivity index (χ1v) is 6.51. The van der Waals surface area contributed by atoms with Gasteiger partial charge in [-0.05, 0) is 13.3 Å². The zero-order valence-electron chi connectivity index (χ0n) is 11.5. The third kappa shape index (κ3) is 1.76. The zero-order valence-corrected chi connectivity index (χ0v) is 11.5. The molecule has 7 nitrogen and oxygen atoms in total. The molecule has 0 radical (unpaired) electrons. The van der Waals surface area contributed by atoms with Crippen LogP contribution in [0, 0.1) is 11.8 Å². The van der Waals surface area contributed by atoms with Crippen molar-refractivity contribution in [2.24, 2.45) is 11.8 Å². The number of esters is 1. The molecule has 3 rings (SSSR count). The lowest BCUT2D eigenvalue weighted by atomic mass is 9.82. The average Bonchev–Trinajstić information content (AvgIpc) is 3.00. The van der Waals surface area contributed by atoms with E-state index in [9.17, 15) is 9.59 Å². The topological polar surface area (TPSA) is 86.4 Å². The largest absolute Gasteiger partial charge is 0.466 e. The van der Waals surface area contributed by atoms with Gasteiger partial charge in [-0.1, -0.05) is 0 Å². The molecule has 1 N–H and O–H groups in total. The summed E-state index contributed by atoms with van der Waals surface area (Å²) in [6.45, 7) is 1.95. The molecule has 1 aliphatic carbocycles. The molecule has 0 aromatic rings. The second kappa shape index (κ2) is 4.37. The molecule has 0 unspecified atom stereocenters. The van der Waals surface area contributed by atoms with Gasteiger partial charge >= 0.3 is 12.1 Å². The smallest absolute Gasteiger partial charge is 0.409 e. The Morgan fingerprint density at radius 2 is 2.25 bits per heavy atom. The van der Waals surface area contributed by atoms with E-state index in [2.05, 4.69) is 5.32 Å². The fraction of sp³-hybridized carbons (Fsp3) is 0.692. The molecule has 0 bridgehead atoms. The predicted molar refractivity (Wildman–Crippen MR) is 65.4 cm³/mol. The Morgan fingerprint density at radius 3 is 2.90 bits per heavy atom. The van der Waals surface area contributed by atoms with Crippen molar-refractivity contribution >= 4 is 12.1 Å². The van der Waals surface area contributed by atoms with E-state index in [1.54, 1.807) is 0 Å². The Kier molecular flexibility index (Phi) is 2.89. The standard InChI is InChI=1S/C13H17NO6/c1-13-8(20-13)4-6-7(10(15)17-3)5-18-11(9(6)13)19-12(16)14-2/h5-6,8-9,11H,4H2,1-3H3,(H,14,16)/t6-,8-,9+,11+,13-/m1/s1. The van der Waals surface area contributed by atoms with Crippen molar-refractivity contribution < 1.29 is 28.5 Å². The van der Waals surface area contributed by atoms with Crippen molar-refractivity contribution in [3.8, 4) is 0 Å². The summed E-state index contributed by atoms with van der Waals surface area (Å²) in [5.74, 6) is -0.693. The summed E-state index contributed by atoms with van der Waals surface area (Å²) in [7, 11) is 2.81. The molecule has 7 heteroatoms. The quantitative estimate of drug-likeness (QED) is 0.588. The van der Waals surface area contributed by atoms with Gasteiger partial charge in [-0.2, -0.15) is 0 Å². The Morgan fingerprint density at radius 1 is 1.50 bits per heavy atom. The van der Waals surface area contributed by atoms with E-state index in [1.165, 1.54) is 20.4 Å². The molecule has 1 amide bonds. The van der Waals surface area contributed by atoms with E-state index in [0.29, 0.717) is 12.0 Å². The van der Waals surface area contributed by atoms with E-state index in [0.717, 1.165) is 0 Å². The maximum absolute atomic E-state index is 11.8. The number of hydrogen-bond acceptors (Lipinski definition) is 6. The lowest BCUT2D eigenvalue weighted by Gasteiger charge is -2.35. The number of carbonyl (C=O) groups is 2. The SMILES string of the molecule is CNC(=O)O[C@@H]1OC=C(C(=O)OC)[C@H]2C[C@H]3O[C@@]3(C)[C@H]12. The molecule has 0 aromatic heterocycles. The van der Waals surface area contributed by atoms with Gasteiger partial charge in [0.1, 0.15) is 5.60 Å². The number of rotatable bonds is 2. The second-order valence-corrected chi connectivity index (χ2v) is 5.38. The molecule has 2 aliphatic heterocycles. The highest BCUT2D eigenvalue weighted by Crippen LogP contribution is 2.60. The van der Waals surface area contributed by atoms with Crippen molar-refractivity contribution in [1.29, 1.82) is 0 Å². The van der Waals surface area contributed by atoms with Gasteiger partial charge < -0.3 is 24.3 Å². The third-order valence-electron chi connectivity index (χ3n) is 4.41. The van der Waals surface area contributed by atoms with Gasteiger partial charge in [-0.15, -0.1) is 0 Å². The summed E-state index contributed by atoms with van der Waals surface area (Å²) in [6, 6.07) is 0. The highest BCUT2D eigenvalue weighted by molar-refractivity contribution is 5.89. The summed E-state index contributed by atoms with van der Waals surface area (Å²) < 4.78 is 21.1. The Bertz CT molecular complexity index is 489. The van der Waals surface area contributed by atoms with Crippen LogP contribution in [0.4, 0.5) is 4.79 Å². The number of ether oxygens (including phenoxy) is 4. The van der Waals surface area contributed by atoms with Gasteiger partial charge in [0.2, 0.25) is 0 Å². The second-order valence-electron chi connectivity index (χ2n) is 5.38. The number of carbonyl (C=O) groups excluding carboxylic acids is 2. The van der Waals surface area contributed by atoms with Gasteiger partial charge in [-0.3, -0.25) is 0 Å². The van der Waals surface area contributed by atoms with Gasteiger partial charge in [0.25, 0.3) is 6.29 Å². The molecule has 5 atom stereocenters. The zero-order chi connectivity index (χ0) is 14.5. The first-order valence-electron chi connectivity index (χ1n) is 6.51. The van der Waals surface area contributed by atoms with Crippen LogP contribution in [0.1, 0.15) is 13.3 Å². The Labute approximate surface area is 116 Å². The van der Waals surface area contributed by atoms with Crippen molar-refractivity contribution in [2.45, 2.75) is 31.3 Å². The molecule has 0 spiro atoms. The predicted octanol–water partition coefficient (Wildman–Crippen LogP) is 0.549. The van der Waals surface area contributed by atoms with Crippen LogP contribution in [0.15, 0.2) is 11.8 Å². The van der Waals surface area contributed by atoms with Gasteiger partial charge in [0.05, 0.1) is 31.0 Å². The molecule has 2 heterocycles. The van der Waals surface area contributed by atoms with E-state index in [4.69, 9.17) is 18.9 Å². The van der Waals surface area contributed by atoms with Crippen molar-refractivity contribution in [3.05, 3.63) is 11.8 Å². The monoisotopic (exact) mass is 283 g/mol. The minimum absolute atomic E-state index is 0.0723. The molecule has 1 saturated heterocycles. The fourth-order valence-electron chi connectivity index (χ4n) is 3.30. The molecule has 0 aromatic carbocycles. The number of alkyl carbamates (subject to hydrolysis) is 1. The third-order valence-corrected chi connectivity index (χ3v) is 4.41. The highest BCUT2D eigenvalue weighted by atomic mass is 16.7. The summed E-state index contributed by atoms with van der Waals surface area (Å²) in [6.07, 6.45) is 0.790. The lowest BCUT2D eigenvalue weighted by Crippen LogP contribution is -2.44. The van der Waals surface area contributed by atoms with Crippen LogP contribution in [0.2, 0.25) is 0 Å². The van der Waals surface area contributed by atoms with Crippen LogP contribution in [0.25, 0.3) is 0 Å². The van der Waals surface area contributed by atoms with Crippen LogP contribution in [0.5, 0.6) is 0 Å². The molecular formula is C13H17NO6. The van der Waals surface area contributed by atoms with Gasteiger partial charge in [0.15, 0.2) is 0 Å². The molecule has 1 saturated carbocycles. The van der Waals surface area contributed by atoms with Gasteiger partial charge in [-0.25, -0.2) is 9.59 Å². The normalized spacial score (nSPS) is 40.6. The minimum Gasteiger partial charge on any atom is -0.466 e. The van der Waals surface area contributed by atoms with Gasteiger partial charge in [0, 0.05) is 13.0 Å². The molecule has 2 fully saturated rings. The van der Waals surface area contributed by atoms with Crippen LogP contribution in [-0.2, 0) is 23.7 Å². The van der Waals surface area contributed by atoms with E-state index in [-0.39, 0.29) is 17.9 Å². The van der Waals surface area contributed by atoms with Crippen LogP contribution < -0.4 is 5.32 Å². The number of epoxide rings is 1. The average molecular weight is 283 g/mol. The molecule has 110 valence electrons. The van der Waals surface area contributed by atoms with Crippen molar-refractivity contribution in [1.82, 2.24) is 5.32 Å². The first-order chi connectivity index (χ1) is 9.51. The van der Waals surface area contributed by atoms with E-state index < -0.39 is 24.0 Å². The summed E-state index contributed by atoms with van der Waals surface area (Å²) in [5, 5.41) is 2.38. The molecule has 3 aliphatic rings. The van der Waals surface area contributed by atoms with Crippen LogP contribution in [0.3, 0.4) is 0 Å². The molecule has 20 heavy (non-hydrogen) atoms. The maximum Gasteiger partial charge on any atom is 0.409 e. The maximum atomic E-state index is 11.8. The van der Waals surface area contributed by atoms with Crippen LogP contribution in [-0.4, -0.2) is 44.2 Å². The van der Waals surface area contributed by atoms with E-state index in [1.807, 2.05) is 6.92 Å². The fourth-order valence-corrected chi connectivity index (χ4v) is 3.30. The number of fused-ring (bicyclic) bond motifs is 3. The highest BCUT2D eigenvalue weighted by Gasteiger charge is 2.71. The van der Waals surface area contributed by atoms with Crippen molar-refractivity contribution in [3.63, 3.8) is 0 Å². The molecular weight excluding hydrogens is 266 g/mol. The van der Waals surface area contributed by atoms with Crippen molar-refractivity contribution in [2.75, 3.05) is 14.2 Å². The number of hydrogen-bond donors (Lipinski definition) is 1. The Balaban J connectivity index is 1.86. The first kappa shape index (κ1) is 13.2. The number of methoxy groups -OCH3 is 1. The van der Waals surface area contributed by atoms with Crippen LogP contribution >= 0.6 is 0 Å². The summed E-state index contributed by atoms with van der Waals surface area (Å²) >= 11 is 0. The summed E-state index contributed by atoms with van der Waals surface area (Å²) in [5.41, 5.74) is 0.0722. The summed E-state index contributed by atoms with van der Waals surface area (Å²) in [4.78, 5) is 23.2. The van der Waals surface area contributed by atoms with E-state index >= 15 is 0 Å². The lowest BCUT2D eigenvalue weighted by molar-refractivity contribution is -0.150. The number of amides is 1. The number of nitrogens with one attached hydrogen (secondary N) is 1.